The third-order valence-corrected chi connectivity index (χ3v) is 10.9. The molecule has 1 N–H and O–H groups in total. The predicted octanol–water partition coefficient (Wildman–Crippen LogP) is 3.79. The highest BCUT2D eigenvalue weighted by Gasteiger charge is 2.82. The van der Waals surface area contributed by atoms with Crippen molar-refractivity contribution >= 4 is 0 Å². The molecule has 1 aromatic rings. The lowest BCUT2D eigenvalue weighted by Crippen LogP contribution is -2.83. The smallest absolute Gasteiger partial charge is 0.179 e. The Morgan fingerprint density at radius 2 is 1.94 bits per heavy atom. The maximum absolute atomic E-state index is 12.1. The van der Waals surface area contributed by atoms with Crippen LogP contribution in [-0.2, 0) is 16.6 Å². The lowest BCUT2D eigenvalue weighted by molar-refractivity contribution is -0.309. The molecule has 0 amide bonds. The predicted molar refractivity (Wildman–Crippen MR) is 123 cm³/mol. The molecule has 7 rings (SSSR count). The molecule has 6 heteroatoms. The Morgan fingerprint density at radius 3 is 2.58 bits per heavy atom. The Morgan fingerprint density at radius 1 is 1.18 bits per heavy atom. The second-order valence-corrected chi connectivity index (χ2v) is 12.3. The van der Waals surface area contributed by atoms with E-state index in [1.807, 2.05) is 17.9 Å². The van der Waals surface area contributed by atoms with E-state index in [4.69, 9.17) is 14.2 Å². The van der Waals surface area contributed by atoms with Crippen LogP contribution in [0.3, 0.4) is 0 Å². The van der Waals surface area contributed by atoms with Gasteiger partial charge in [-0.2, -0.15) is 5.26 Å². The van der Waals surface area contributed by atoms with Gasteiger partial charge in [-0.25, -0.2) is 0 Å². The second-order valence-electron chi connectivity index (χ2n) is 12.3. The van der Waals surface area contributed by atoms with Crippen LogP contribution >= 0.6 is 0 Å². The van der Waals surface area contributed by atoms with Crippen molar-refractivity contribution < 1.29 is 19.3 Å². The zero-order valence-electron chi connectivity index (χ0n) is 20.7. The number of fused-ring (bicyclic) bond motifs is 2. The van der Waals surface area contributed by atoms with Gasteiger partial charge in [-0.3, -0.25) is 0 Å². The highest BCUT2D eigenvalue weighted by atomic mass is 16.6. The number of rotatable bonds is 3. The van der Waals surface area contributed by atoms with Gasteiger partial charge in [0.1, 0.15) is 11.7 Å². The Hall–Kier alpha value is -1.97. The van der Waals surface area contributed by atoms with Crippen molar-refractivity contribution in [3.63, 3.8) is 0 Å². The van der Waals surface area contributed by atoms with Crippen LogP contribution < -0.4 is 9.47 Å². The van der Waals surface area contributed by atoms with Gasteiger partial charge in [-0.15, -0.1) is 0 Å². The first-order valence-corrected chi connectivity index (χ1v) is 12.3. The van der Waals surface area contributed by atoms with E-state index in [0.717, 1.165) is 50.1 Å². The number of aliphatic hydroxyl groups is 1. The maximum Gasteiger partial charge on any atom is 0.179 e. The largest absolute Gasteiger partial charge is 0.493 e. The number of piperidine rings is 1. The van der Waals surface area contributed by atoms with Gasteiger partial charge in [0, 0.05) is 42.0 Å². The monoisotopic (exact) mass is 452 g/mol. The molecular weight excluding hydrogens is 416 g/mol. The van der Waals surface area contributed by atoms with E-state index in [1.165, 1.54) is 11.1 Å². The minimum absolute atomic E-state index is 0.107. The van der Waals surface area contributed by atoms with E-state index in [9.17, 15) is 10.4 Å². The van der Waals surface area contributed by atoms with Gasteiger partial charge < -0.3 is 24.2 Å². The highest BCUT2D eigenvalue weighted by Crippen LogP contribution is 2.77. The quantitative estimate of drug-likeness (QED) is 0.704. The summed E-state index contributed by atoms with van der Waals surface area (Å²) in [5.74, 6) is 1.54. The molecule has 4 aliphatic carbocycles. The molecule has 178 valence electrons. The number of hydrogen-bond donors (Lipinski definition) is 1. The zero-order chi connectivity index (χ0) is 23.6. The van der Waals surface area contributed by atoms with Crippen LogP contribution in [0.5, 0.6) is 11.5 Å². The van der Waals surface area contributed by atoms with Crippen molar-refractivity contribution in [1.82, 2.24) is 4.90 Å². The van der Waals surface area contributed by atoms with Gasteiger partial charge in [-0.1, -0.05) is 26.8 Å². The summed E-state index contributed by atoms with van der Waals surface area (Å²) < 4.78 is 19.3. The summed E-state index contributed by atoms with van der Waals surface area (Å²) in [6.07, 6.45) is 6.68. The number of likely N-dealkylation sites (tertiary alicyclic amines) is 1. The molecule has 2 heterocycles. The molecule has 0 radical (unpaired) electrons. The third-order valence-electron chi connectivity index (χ3n) is 10.9. The topological polar surface area (TPSA) is 75.0 Å². The van der Waals surface area contributed by atoms with Crippen molar-refractivity contribution in [2.75, 3.05) is 20.8 Å². The van der Waals surface area contributed by atoms with Gasteiger partial charge in [0.15, 0.2) is 17.7 Å². The van der Waals surface area contributed by atoms with Gasteiger partial charge in [-0.05, 0) is 56.1 Å². The van der Waals surface area contributed by atoms with Crippen molar-refractivity contribution in [2.24, 2.45) is 16.7 Å². The van der Waals surface area contributed by atoms with Crippen molar-refractivity contribution in [3.8, 4) is 17.7 Å². The summed E-state index contributed by atoms with van der Waals surface area (Å²) in [5, 5.41) is 22.2. The lowest BCUT2D eigenvalue weighted by Gasteiger charge is -2.75. The molecule has 4 bridgehead atoms. The molecule has 6 nitrogen and oxygen atoms in total. The van der Waals surface area contributed by atoms with Crippen LogP contribution in [0, 0.1) is 28.2 Å². The average molecular weight is 453 g/mol. The van der Waals surface area contributed by atoms with Gasteiger partial charge in [0.2, 0.25) is 0 Å². The molecule has 2 spiro atoms. The molecule has 6 aliphatic rings. The number of ether oxygens (including phenoxy) is 3. The Kier molecular flexibility index (Phi) is 4.03. The number of nitrogens with zero attached hydrogens (tertiary/aromatic N) is 2. The molecule has 2 aliphatic heterocycles. The number of nitriles is 1. The fraction of sp³-hybridized carbons (Fsp3) is 0.741. The van der Waals surface area contributed by atoms with Crippen molar-refractivity contribution in [3.05, 3.63) is 23.3 Å². The molecule has 7 atom stereocenters. The summed E-state index contributed by atoms with van der Waals surface area (Å²) in [6, 6.07) is 4.30. The fourth-order valence-corrected chi connectivity index (χ4v) is 8.91. The van der Waals surface area contributed by atoms with E-state index in [0.29, 0.717) is 0 Å². The number of benzene rings is 1. The maximum atomic E-state index is 12.1. The van der Waals surface area contributed by atoms with Crippen molar-refractivity contribution in [2.45, 2.75) is 88.6 Å². The standard InChI is InChI=1S/C27H36N2O4/c1-23(2,3)24(4,30)18-14-25-9-10-27(18,32-6)22-26(25)11-12-29(15-28)19(25)13-16-7-8-17(31-5)21(33-22)20(16)26/h7-8,18-19,22,30H,9-14H2,1-6H3/t18-,19?,22-,24+,25-,26?,27-/m1/s1. The normalized spacial score (nSPS) is 41.6. The number of hydrogen-bond acceptors (Lipinski definition) is 6. The van der Waals surface area contributed by atoms with E-state index in [1.54, 1.807) is 14.2 Å². The molecular formula is C27H36N2O4. The summed E-state index contributed by atoms with van der Waals surface area (Å²) in [7, 11) is 3.50. The van der Waals surface area contributed by atoms with Crippen LogP contribution in [0.4, 0.5) is 0 Å². The molecule has 2 unspecified atom stereocenters. The lowest BCUT2D eigenvalue weighted by atomic mass is 9.33. The van der Waals surface area contributed by atoms with Crippen molar-refractivity contribution in [1.29, 1.82) is 5.26 Å². The van der Waals surface area contributed by atoms with Gasteiger partial charge >= 0.3 is 0 Å². The molecule has 4 fully saturated rings. The Bertz CT molecular complexity index is 1070. The van der Waals surface area contributed by atoms with E-state index in [2.05, 4.69) is 33.0 Å². The first kappa shape index (κ1) is 21.6. The summed E-state index contributed by atoms with van der Waals surface area (Å²) in [6.45, 7) is 9.05. The molecule has 33 heavy (non-hydrogen) atoms. The van der Waals surface area contributed by atoms with Crippen LogP contribution in [-0.4, -0.2) is 54.1 Å². The van der Waals surface area contributed by atoms with Gasteiger partial charge in [0.25, 0.3) is 0 Å². The van der Waals surface area contributed by atoms with E-state index >= 15 is 0 Å². The highest BCUT2D eigenvalue weighted by molar-refractivity contribution is 5.63. The van der Waals surface area contributed by atoms with Crippen LogP contribution in [0.1, 0.15) is 64.5 Å². The Labute approximate surface area is 196 Å². The van der Waals surface area contributed by atoms with Crippen LogP contribution in [0.2, 0.25) is 0 Å². The summed E-state index contributed by atoms with van der Waals surface area (Å²) in [4.78, 5) is 2.03. The third kappa shape index (κ3) is 2.10. The Balaban J connectivity index is 1.66. The average Bonchev–Trinajstić information content (AvgIpc) is 3.15. The van der Waals surface area contributed by atoms with Crippen LogP contribution in [0.25, 0.3) is 0 Å². The first-order chi connectivity index (χ1) is 15.5. The number of methoxy groups -OCH3 is 2. The molecule has 0 aromatic heterocycles. The van der Waals surface area contributed by atoms with Crippen LogP contribution in [0.15, 0.2) is 12.1 Å². The van der Waals surface area contributed by atoms with E-state index < -0.39 is 11.2 Å². The molecule has 1 aromatic carbocycles. The summed E-state index contributed by atoms with van der Waals surface area (Å²) in [5.41, 5.74) is 0.315. The van der Waals surface area contributed by atoms with Gasteiger partial charge in [0.05, 0.1) is 12.7 Å². The second kappa shape index (κ2) is 6.17. The zero-order valence-corrected chi connectivity index (χ0v) is 20.7. The summed E-state index contributed by atoms with van der Waals surface area (Å²) >= 11 is 0. The molecule has 1 saturated heterocycles. The van der Waals surface area contributed by atoms with E-state index in [-0.39, 0.29) is 34.3 Å². The minimum Gasteiger partial charge on any atom is -0.493 e. The minimum atomic E-state index is -0.966. The SMILES string of the molecule is COc1ccc2c3c1O[C@@H]1C34CCN(C#N)C(C2)[C@]42CC[C@@]1(OC)[C@@H]([C@](C)(O)C(C)(C)C)C2. The first-order valence-electron chi connectivity index (χ1n) is 12.3. The fourth-order valence-electron chi connectivity index (χ4n) is 8.91. The molecule has 3 saturated carbocycles.